The van der Waals surface area contributed by atoms with Crippen molar-refractivity contribution >= 4 is 5.57 Å². The van der Waals surface area contributed by atoms with E-state index in [0.717, 1.165) is 24.0 Å². The standard InChI is InChI=1S/C13H15F/c1-3-5-6-11(4-2)12-7-9-13(14)10-8-12/h4,6-10H,2-3,5H2,1H3/b11-6+. The first-order valence-electron chi connectivity index (χ1n) is 4.86. The molecule has 0 amide bonds. The van der Waals surface area contributed by atoms with Crippen molar-refractivity contribution in [3.05, 3.63) is 54.4 Å². The van der Waals surface area contributed by atoms with E-state index in [9.17, 15) is 4.39 Å². The average molecular weight is 190 g/mol. The Kier molecular flexibility index (Phi) is 4.11. The maximum absolute atomic E-state index is 12.7. The smallest absolute Gasteiger partial charge is 0.123 e. The summed E-state index contributed by atoms with van der Waals surface area (Å²) in [7, 11) is 0. The molecule has 1 rings (SSSR count). The van der Waals surface area contributed by atoms with Crippen LogP contribution in [0.3, 0.4) is 0 Å². The third kappa shape index (κ3) is 2.84. The van der Waals surface area contributed by atoms with Gasteiger partial charge in [0.05, 0.1) is 0 Å². The monoisotopic (exact) mass is 190 g/mol. The zero-order valence-electron chi connectivity index (χ0n) is 8.46. The van der Waals surface area contributed by atoms with Gasteiger partial charge in [-0.3, -0.25) is 0 Å². The van der Waals surface area contributed by atoms with Crippen LogP contribution in [-0.2, 0) is 0 Å². The van der Waals surface area contributed by atoms with Gasteiger partial charge in [-0.1, -0.05) is 44.2 Å². The summed E-state index contributed by atoms with van der Waals surface area (Å²) in [4.78, 5) is 0. The van der Waals surface area contributed by atoms with Crippen molar-refractivity contribution in [3.63, 3.8) is 0 Å². The molecule has 0 aliphatic heterocycles. The van der Waals surface area contributed by atoms with Gasteiger partial charge in [0.15, 0.2) is 0 Å². The normalized spacial score (nSPS) is 11.4. The van der Waals surface area contributed by atoms with Gasteiger partial charge in [-0.05, 0) is 29.7 Å². The molecule has 1 heteroatoms. The van der Waals surface area contributed by atoms with Crippen LogP contribution in [0.1, 0.15) is 25.3 Å². The largest absolute Gasteiger partial charge is 0.207 e. The summed E-state index contributed by atoms with van der Waals surface area (Å²) in [5, 5.41) is 0. The van der Waals surface area contributed by atoms with E-state index in [4.69, 9.17) is 0 Å². The molecule has 0 spiro atoms. The second kappa shape index (κ2) is 5.38. The molecule has 0 bridgehead atoms. The molecule has 0 heterocycles. The molecule has 0 aliphatic rings. The lowest BCUT2D eigenvalue weighted by Crippen LogP contribution is -1.81. The van der Waals surface area contributed by atoms with Crippen molar-refractivity contribution in [1.29, 1.82) is 0 Å². The molecule has 0 saturated heterocycles. The van der Waals surface area contributed by atoms with Gasteiger partial charge >= 0.3 is 0 Å². The fourth-order valence-corrected chi connectivity index (χ4v) is 1.26. The van der Waals surface area contributed by atoms with E-state index in [0.29, 0.717) is 0 Å². The predicted molar refractivity (Wildman–Crippen MR) is 59.5 cm³/mol. The molecule has 0 nitrogen and oxygen atoms in total. The van der Waals surface area contributed by atoms with Crippen molar-refractivity contribution in [2.75, 3.05) is 0 Å². The van der Waals surface area contributed by atoms with E-state index in [-0.39, 0.29) is 5.82 Å². The van der Waals surface area contributed by atoms with Gasteiger partial charge in [0.25, 0.3) is 0 Å². The van der Waals surface area contributed by atoms with E-state index in [1.165, 1.54) is 12.1 Å². The zero-order valence-corrected chi connectivity index (χ0v) is 8.46. The number of hydrogen-bond acceptors (Lipinski definition) is 0. The first-order chi connectivity index (χ1) is 6.77. The van der Waals surface area contributed by atoms with Crippen molar-refractivity contribution < 1.29 is 4.39 Å². The summed E-state index contributed by atoms with van der Waals surface area (Å²) in [6, 6.07) is 6.49. The van der Waals surface area contributed by atoms with Crippen LogP contribution in [0.15, 0.2) is 43.0 Å². The van der Waals surface area contributed by atoms with E-state index < -0.39 is 0 Å². The van der Waals surface area contributed by atoms with Crippen molar-refractivity contribution in [2.45, 2.75) is 19.8 Å². The zero-order chi connectivity index (χ0) is 10.4. The molecule has 14 heavy (non-hydrogen) atoms. The quantitative estimate of drug-likeness (QED) is 0.624. The Bertz CT molecular complexity index is 320. The lowest BCUT2D eigenvalue weighted by molar-refractivity contribution is 0.627. The molecule has 1 aromatic rings. The molecule has 0 aromatic heterocycles. The Labute approximate surface area is 84.8 Å². The Balaban J connectivity index is 2.89. The van der Waals surface area contributed by atoms with Crippen molar-refractivity contribution in [3.8, 4) is 0 Å². The summed E-state index contributed by atoms with van der Waals surface area (Å²) in [5.74, 6) is -0.201. The number of hydrogen-bond donors (Lipinski definition) is 0. The second-order valence-corrected chi connectivity index (χ2v) is 3.16. The number of unbranched alkanes of at least 4 members (excludes halogenated alkanes) is 1. The minimum atomic E-state index is -0.201. The summed E-state index contributed by atoms with van der Waals surface area (Å²) < 4.78 is 12.7. The maximum atomic E-state index is 12.7. The van der Waals surface area contributed by atoms with Crippen LogP contribution in [0.5, 0.6) is 0 Å². The third-order valence-corrected chi connectivity index (χ3v) is 2.05. The summed E-state index contributed by atoms with van der Waals surface area (Å²) in [6.45, 7) is 5.88. The first-order valence-corrected chi connectivity index (χ1v) is 4.86. The van der Waals surface area contributed by atoms with Gasteiger partial charge in [-0.25, -0.2) is 4.39 Å². The average Bonchev–Trinajstić information content (AvgIpc) is 2.21. The Morgan fingerprint density at radius 3 is 2.50 bits per heavy atom. The van der Waals surface area contributed by atoms with Crippen LogP contribution in [0, 0.1) is 5.82 Å². The molecule has 0 saturated carbocycles. The lowest BCUT2D eigenvalue weighted by atomic mass is 10.0. The SMILES string of the molecule is C=C/C(=C\CCC)c1ccc(F)cc1. The topological polar surface area (TPSA) is 0 Å². The van der Waals surface area contributed by atoms with Crippen molar-refractivity contribution in [1.82, 2.24) is 0 Å². The molecule has 0 aliphatic carbocycles. The molecule has 0 radical (unpaired) electrons. The van der Waals surface area contributed by atoms with Crippen molar-refractivity contribution in [2.24, 2.45) is 0 Å². The van der Waals surface area contributed by atoms with Crippen LogP contribution in [-0.4, -0.2) is 0 Å². The van der Waals surface area contributed by atoms with E-state index in [2.05, 4.69) is 19.6 Å². The Morgan fingerprint density at radius 2 is 2.00 bits per heavy atom. The van der Waals surface area contributed by atoms with E-state index in [1.54, 1.807) is 12.1 Å². The van der Waals surface area contributed by atoms with Crippen LogP contribution in [0.4, 0.5) is 4.39 Å². The molecule has 74 valence electrons. The van der Waals surface area contributed by atoms with Crippen LogP contribution in [0.2, 0.25) is 0 Å². The predicted octanol–water partition coefficient (Wildman–Crippen LogP) is 4.20. The summed E-state index contributed by atoms with van der Waals surface area (Å²) in [6.07, 6.45) is 6.07. The molecular formula is C13H15F. The van der Waals surface area contributed by atoms with Gasteiger partial charge in [0.2, 0.25) is 0 Å². The number of halogens is 1. The van der Waals surface area contributed by atoms with Gasteiger partial charge < -0.3 is 0 Å². The van der Waals surface area contributed by atoms with Gasteiger partial charge in [-0.15, -0.1) is 0 Å². The minimum Gasteiger partial charge on any atom is -0.207 e. The third-order valence-electron chi connectivity index (χ3n) is 2.05. The second-order valence-electron chi connectivity index (χ2n) is 3.16. The summed E-state index contributed by atoms with van der Waals surface area (Å²) in [5.41, 5.74) is 2.10. The maximum Gasteiger partial charge on any atom is 0.123 e. The summed E-state index contributed by atoms with van der Waals surface area (Å²) >= 11 is 0. The molecule has 0 fully saturated rings. The van der Waals surface area contributed by atoms with E-state index in [1.807, 2.05) is 6.08 Å². The highest BCUT2D eigenvalue weighted by Crippen LogP contribution is 2.16. The molecule has 0 N–H and O–H groups in total. The number of rotatable bonds is 4. The highest BCUT2D eigenvalue weighted by Gasteiger charge is 1.96. The lowest BCUT2D eigenvalue weighted by Gasteiger charge is -2.01. The number of benzene rings is 1. The highest BCUT2D eigenvalue weighted by atomic mass is 19.1. The molecule has 0 atom stereocenters. The van der Waals surface area contributed by atoms with Gasteiger partial charge in [0, 0.05) is 0 Å². The van der Waals surface area contributed by atoms with E-state index >= 15 is 0 Å². The van der Waals surface area contributed by atoms with Crippen LogP contribution in [0.25, 0.3) is 5.57 Å². The Hall–Kier alpha value is -1.37. The minimum absolute atomic E-state index is 0.201. The molecular weight excluding hydrogens is 175 g/mol. The fraction of sp³-hybridized carbons (Fsp3) is 0.231. The van der Waals surface area contributed by atoms with Gasteiger partial charge in [-0.2, -0.15) is 0 Å². The fourth-order valence-electron chi connectivity index (χ4n) is 1.26. The first kappa shape index (κ1) is 10.7. The molecule has 1 aromatic carbocycles. The Morgan fingerprint density at radius 1 is 1.36 bits per heavy atom. The number of allylic oxidation sites excluding steroid dienone is 3. The van der Waals surface area contributed by atoms with Crippen LogP contribution < -0.4 is 0 Å². The molecule has 0 unspecified atom stereocenters. The highest BCUT2D eigenvalue weighted by molar-refractivity contribution is 5.73. The van der Waals surface area contributed by atoms with Gasteiger partial charge in [0.1, 0.15) is 5.82 Å². The van der Waals surface area contributed by atoms with Crippen LogP contribution >= 0.6 is 0 Å².